The van der Waals surface area contributed by atoms with Crippen LogP contribution in [0, 0.1) is 23.1 Å². The second kappa shape index (κ2) is 5.25. The van der Waals surface area contributed by atoms with Gasteiger partial charge in [-0.25, -0.2) is 17.5 Å². The van der Waals surface area contributed by atoms with Crippen molar-refractivity contribution in [1.82, 2.24) is 4.72 Å². The lowest BCUT2D eigenvalue weighted by Crippen LogP contribution is -2.28. The number of hydrogen-bond donors (Lipinski definition) is 1. The first-order valence-corrected chi connectivity index (χ1v) is 6.55. The number of hydrogen-bond acceptors (Lipinski definition) is 3. The summed E-state index contributed by atoms with van der Waals surface area (Å²) < 4.78 is 39.3. The summed E-state index contributed by atoms with van der Waals surface area (Å²) >= 11 is 0. The van der Waals surface area contributed by atoms with Crippen LogP contribution in [0.15, 0.2) is 23.1 Å². The van der Waals surface area contributed by atoms with Crippen LogP contribution in [0.1, 0.15) is 19.4 Å². The predicted molar refractivity (Wildman–Crippen MR) is 61.1 cm³/mol. The number of nitrogens with one attached hydrogen (secondary N) is 1. The van der Waals surface area contributed by atoms with Gasteiger partial charge in [0.25, 0.3) is 0 Å². The molecule has 1 aromatic carbocycles. The second-order valence-corrected chi connectivity index (χ2v) is 5.71. The van der Waals surface area contributed by atoms with Gasteiger partial charge < -0.3 is 0 Å². The molecule has 0 radical (unpaired) electrons. The van der Waals surface area contributed by atoms with Crippen LogP contribution < -0.4 is 4.72 Å². The number of rotatable bonds is 4. The molecule has 0 aromatic heterocycles. The van der Waals surface area contributed by atoms with Crippen molar-refractivity contribution >= 4 is 10.0 Å². The zero-order valence-electron chi connectivity index (χ0n) is 9.57. The van der Waals surface area contributed by atoms with E-state index in [4.69, 9.17) is 5.26 Å². The van der Waals surface area contributed by atoms with Crippen LogP contribution in [0.25, 0.3) is 0 Å². The van der Waals surface area contributed by atoms with Crippen LogP contribution in [0.2, 0.25) is 0 Å². The molecule has 17 heavy (non-hydrogen) atoms. The minimum Gasteiger partial charge on any atom is -0.211 e. The van der Waals surface area contributed by atoms with Gasteiger partial charge in [-0.1, -0.05) is 19.9 Å². The fourth-order valence-corrected chi connectivity index (χ4v) is 2.57. The Hall–Kier alpha value is -1.45. The Morgan fingerprint density at radius 2 is 2.12 bits per heavy atom. The normalized spacial score (nSPS) is 11.5. The molecule has 92 valence electrons. The largest absolute Gasteiger partial charge is 0.242 e. The highest BCUT2D eigenvalue weighted by atomic mass is 32.2. The van der Waals surface area contributed by atoms with Crippen LogP contribution >= 0.6 is 0 Å². The van der Waals surface area contributed by atoms with E-state index in [0.717, 1.165) is 6.07 Å². The van der Waals surface area contributed by atoms with Gasteiger partial charge in [0.15, 0.2) is 0 Å². The minimum atomic E-state index is -3.83. The first kappa shape index (κ1) is 13.6. The first-order chi connectivity index (χ1) is 7.88. The fraction of sp³-hybridized carbons (Fsp3) is 0.364. The smallest absolute Gasteiger partial charge is 0.211 e. The van der Waals surface area contributed by atoms with Crippen molar-refractivity contribution in [3.05, 3.63) is 29.6 Å². The van der Waals surface area contributed by atoms with Crippen molar-refractivity contribution in [2.24, 2.45) is 5.92 Å². The maximum atomic E-state index is 13.3. The van der Waals surface area contributed by atoms with Crippen molar-refractivity contribution in [3.63, 3.8) is 0 Å². The Bertz CT molecular complexity index is 547. The summed E-state index contributed by atoms with van der Waals surface area (Å²) in [6.45, 7) is 3.93. The molecule has 0 atom stereocenters. The molecule has 1 rings (SSSR count). The highest BCUT2D eigenvalue weighted by Gasteiger charge is 2.20. The third-order valence-electron chi connectivity index (χ3n) is 2.06. The maximum absolute atomic E-state index is 13.3. The highest BCUT2D eigenvalue weighted by Crippen LogP contribution is 2.17. The summed E-state index contributed by atoms with van der Waals surface area (Å²) in [5, 5.41) is 8.76. The van der Waals surface area contributed by atoms with Gasteiger partial charge in [0.2, 0.25) is 10.0 Å². The lowest BCUT2D eigenvalue weighted by Gasteiger charge is -2.10. The summed E-state index contributed by atoms with van der Waals surface area (Å²) in [6.07, 6.45) is 0. The summed E-state index contributed by atoms with van der Waals surface area (Å²) in [4.78, 5) is -0.319. The minimum absolute atomic E-state index is 0.129. The fourth-order valence-electron chi connectivity index (χ4n) is 1.19. The topological polar surface area (TPSA) is 70.0 Å². The van der Waals surface area contributed by atoms with E-state index in [0.29, 0.717) is 0 Å². The lowest BCUT2D eigenvalue weighted by atomic mass is 10.2. The van der Waals surface area contributed by atoms with Crippen molar-refractivity contribution in [3.8, 4) is 6.07 Å². The van der Waals surface area contributed by atoms with E-state index in [1.54, 1.807) is 6.07 Å². The molecule has 1 N–H and O–H groups in total. The standard InChI is InChI=1S/C11H13FN2O2S/c1-8(2)7-14-17(15,16)11-5-3-4-10(12)9(11)6-13/h3-5,8,14H,7H2,1-2H3. The molecule has 0 bridgehead atoms. The molecular weight excluding hydrogens is 243 g/mol. The Labute approximate surface area is 100 Å². The van der Waals surface area contributed by atoms with Gasteiger partial charge in [-0.3, -0.25) is 0 Å². The summed E-state index contributed by atoms with van der Waals surface area (Å²) in [7, 11) is -3.83. The number of sulfonamides is 1. The van der Waals surface area contributed by atoms with E-state index in [1.807, 2.05) is 13.8 Å². The van der Waals surface area contributed by atoms with E-state index < -0.39 is 21.4 Å². The second-order valence-electron chi connectivity index (χ2n) is 3.97. The number of nitriles is 1. The molecule has 0 heterocycles. The quantitative estimate of drug-likeness (QED) is 0.890. The molecule has 0 amide bonds. The zero-order chi connectivity index (χ0) is 13.1. The van der Waals surface area contributed by atoms with Gasteiger partial charge in [-0.2, -0.15) is 5.26 Å². The molecule has 0 fully saturated rings. The van der Waals surface area contributed by atoms with E-state index in [1.165, 1.54) is 12.1 Å². The van der Waals surface area contributed by atoms with Crippen LogP contribution in [-0.2, 0) is 10.0 Å². The summed E-state index contributed by atoms with van der Waals surface area (Å²) in [5.41, 5.74) is -0.455. The molecule has 0 aliphatic rings. The lowest BCUT2D eigenvalue weighted by molar-refractivity contribution is 0.557. The van der Waals surface area contributed by atoms with Gasteiger partial charge in [0.1, 0.15) is 22.3 Å². The van der Waals surface area contributed by atoms with Gasteiger partial charge in [-0.05, 0) is 18.1 Å². The molecule has 6 heteroatoms. The summed E-state index contributed by atoms with van der Waals surface area (Å²) in [6, 6.07) is 5.10. The SMILES string of the molecule is CC(C)CNS(=O)(=O)c1cccc(F)c1C#N. The Balaban J connectivity index is 3.17. The molecule has 1 aromatic rings. The van der Waals surface area contributed by atoms with Gasteiger partial charge >= 0.3 is 0 Å². The van der Waals surface area contributed by atoms with E-state index in [9.17, 15) is 12.8 Å². The van der Waals surface area contributed by atoms with Crippen molar-refractivity contribution in [1.29, 1.82) is 5.26 Å². The summed E-state index contributed by atoms with van der Waals surface area (Å²) in [5.74, 6) is -0.705. The van der Waals surface area contributed by atoms with Crippen molar-refractivity contribution < 1.29 is 12.8 Å². The molecule has 0 unspecified atom stereocenters. The Morgan fingerprint density at radius 3 is 2.65 bits per heavy atom. The van der Waals surface area contributed by atoms with Crippen LogP contribution in [-0.4, -0.2) is 15.0 Å². The highest BCUT2D eigenvalue weighted by molar-refractivity contribution is 7.89. The average molecular weight is 256 g/mol. The third-order valence-corrected chi connectivity index (χ3v) is 3.52. The van der Waals surface area contributed by atoms with E-state index in [-0.39, 0.29) is 17.4 Å². The van der Waals surface area contributed by atoms with E-state index in [2.05, 4.69) is 4.72 Å². The van der Waals surface area contributed by atoms with Gasteiger partial charge in [-0.15, -0.1) is 0 Å². The third kappa shape index (κ3) is 3.25. The van der Waals surface area contributed by atoms with Gasteiger partial charge in [0.05, 0.1) is 0 Å². The number of benzene rings is 1. The number of nitrogens with zero attached hydrogens (tertiary/aromatic N) is 1. The maximum Gasteiger partial charge on any atom is 0.242 e. The molecule has 0 saturated carbocycles. The first-order valence-electron chi connectivity index (χ1n) is 5.06. The molecule has 0 saturated heterocycles. The van der Waals surface area contributed by atoms with Crippen LogP contribution in [0.4, 0.5) is 4.39 Å². The van der Waals surface area contributed by atoms with Crippen LogP contribution in [0.5, 0.6) is 0 Å². The Morgan fingerprint density at radius 1 is 1.47 bits per heavy atom. The van der Waals surface area contributed by atoms with Crippen LogP contribution in [0.3, 0.4) is 0 Å². The van der Waals surface area contributed by atoms with Gasteiger partial charge in [0, 0.05) is 6.54 Å². The molecule has 0 aliphatic carbocycles. The van der Waals surface area contributed by atoms with Crippen molar-refractivity contribution in [2.45, 2.75) is 18.7 Å². The number of halogens is 1. The molecule has 4 nitrogen and oxygen atoms in total. The van der Waals surface area contributed by atoms with E-state index >= 15 is 0 Å². The molecular formula is C11H13FN2O2S. The average Bonchev–Trinajstić information content (AvgIpc) is 2.26. The monoisotopic (exact) mass is 256 g/mol. The van der Waals surface area contributed by atoms with Crippen molar-refractivity contribution in [2.75, 3.05) is 6.54 Å². The predicted octanol–water partition coefficient (Wildman–Crippen LogP) is 1.63. The Kier molecular flexibility index (Phi) is 4.21. The zero-order valence-corrected chi connectivity index (χ0v) is 10.4. The molecule has 0 spiro atoms. The molecule has 0 aliphatic heterocycles.